The van der Waals surface area contributed by atoms with Gasteiger partial charge in [-0.2, -0.15) is 18.3 Å². The first-order valence-electron chi connectivity index (χ1n) is 10.0. The van der Waals surface area contributed by atoms with Gasteiger partial charge in [0, 0.05) is 45.3 Å². The van der Waals surface area contributed by atoms with Crippen LogP contribution in [0.1, 0.15) is 5.56 Å². The summed E-state index contributed by atoms with van der Waals surface area (Å²) in [5.41, 5.74) is -0.199. The molecule has 1 aromatic heterocycles. The second-order valence-corrected chi connectivity index (χ2v) is 7.32. The lowest BCUT2D eigenvalue weighted by atomic mass is 10.1. The molecule has 2 aliphatic rings. The van der Waals surface area contributed by atoms with E-state index in [2.05, 4.69) is 25.3 Å². The Bertz CT molecular complexity index is 912. The lowest BCUT2D eigenvalue weighted by Gasteiger charge is -2.36. The normalized spacial score (nSPS) is 17.6. The molecule has 11 heteroatoms. The third-order valence-corrected chi connectivity index (χ3v) is 5.37. The Morgan fingerprint density at radius 2 is 1.71 bits per heavy atom. The SMILES string of the molecule is O=C(Nc1ccccc1C(F)(F)F)N1CCN(c2cnnc(N3CCOCC3)c2)CC1. The van der Waals surface area contributed by atoms with Gasteiger partial charge in [0.25, 0.3) is 0 Å². The van der Waals surface area contributed by atoms with Crippen molar-refractivity contribution in [2.24, 2.45) is 0 Å². The number of carbonyl (C=O) groups is 1. The fourth-order valence-corrected chi connectivity index (χ4v) is 3.67. The van der Waals surface area contributed by atoms with Crippen molar-refractivity contribution in [3.63, 3.8) is 0 Å². The van der Waals surface area contributed by atoms with Crippen molar-refractivity contribution >= 4 is 23.2 Å². The highest BCUT2D eigenvalue weighted by atomic mass is 19.4. The van der Waals surface area contributed by atoms with Gasteiger partial charge < -0.3 is 24.8 Å². The van der Waals surface area contributed by atoms with E-state index in [-0.39, 0.29) is 5.69 Å². The van der Waals surface area contributed by atoms with Crippen LogP contribution < -0.4 is 15.1 Å². The largest absolute Gasteiger partial charge is 0.418 e. The van der Waals surface area contributed by atoms with Crippen LogP contribution in [-0.2, 0) is 10.9 Å². The molecule has 1 aromatic carbocycles. The first kappa shape index (κ1) is 21.2. The predicted octanol–water partition coefficient (Wildman–Crippen LogP) is 2.69. The molecule has 0 unspecified atom stereocenters. The van der Waals surface area contributed by atoms with E-state index < -0.39 is 17.8 Å². The number of alkyl halides is 3. The van der Waals surface area contributed by atoms with Crippen LogP contribution in [0.15, 0.2) is 36.5 Å². The van der Waals surface area contributed by atoms with E-state index in [0.717, 1.165) is 30.7 Å². The molecular weight excluding hydrogens is 413 g/mol. The highest BCUT2D eigenvalue weighted by Crippen LogP contribution is 2.34. The number of benzene rings is 1. The molecule has 8 nitrogen and oxygen atoms in total. The van der Waals surface area contributed by atoms with Gasteiger partial charge in [-0.05, 0) is 12.1 Å². The number of ether oxygens (including phenoxy) is 1. The van der Waals surface area contributed by atoms with E-state index in [9.17, 15) is 18.0 Å². The van der Waals surface area contributed by atoms with Crippen LogP contribution in [0.25, 0.3) is 0 Å². The maximum Gasteiger partial charge on any atom is 0.418 e. The number of morpholine rings is 1. The molecule has 4 rings (SSSR count). The van der Waals surface area contributed by atoms with Crippen LogP contribution in [0.3, 0.4) is 0 Å². The predicted molar refractivity (Wildman–Crippen MR) is 109 cm³/mol. The van der Waals surface area contributed by atoms with Gasteiger partial charge in [-0.25, -0.2) is 4.79 Å². The summed E-state index contributed by atoms with van der Waals surface area (Å²) in [6, 6.07) is 6.39. The van der Waals surface area contributed by atoms with E-state index in [4.69, 9.17) is 4.74 Å². The van der Waals surface area contributed by atoms with E-state index in [1.54, 1.807) is 6.20 Å². The number of hydrogen-bond acceptors (Lipinski definition) is 6. The summed E-state index contributed by atoms with van der Waals surface area (Å²) in [6.45, 7) is 4.67. The topological polar surface area (TPSA) is 73.8 Å². The molecule has 31 heavy (non-hydrogen) atoms. The van der Waals surface area contributed by atoms with Gasteiger partial charge in [0.2, 0.25) is 0 Å². The fraction of sp³-hybridized carbons (Fsp3) is 0.450. The smallest absolute Gasteiger partial charge is 0.378 e. The number of urea groups is 1. The van der Waals surface area contributed by atoms with Gasteiger partial charge >= 0.3 is 12.2 Å². The summed E-state index contributed by atoms with van der Waals surface area (Å²) in [5.74, 6) is 0.782. The lowest BCUT2D eigenvalue weighted by molar-refractivity contribution is -0.136. The van der Waals surface area contributed by atoms with Gasteiger partial charge in [-0.3, -0.25) is 0 Å². The monoisotopic (exact) mass is 436 g/mol. The van der Waals surface area contributed by atoms with Gasteiger partial charge in [0.1, 0.15) is 0 Å². The van der Waals surface area contributed by atoms with Crippen molar-refractivity contribution in [3.05, 3.63) is 42.1 Å². The van der Waals surface area contributed by atoms with Crippen molar-refractivity contribution < 1.29 is 22.7 Å². The Hall–Kier alpha value is -3.08. The number of rotatable bonds is 3. The number of carbonyl (C=O) groups excluding carboxylic acids is 1. The molecular formula is C20H23F3N6O2. The number of anilines is 3. The van der Waals surface area contributed by atoms with Gasteiger partial charge in [-0.15, -0.1) is 5.10 Å². The molecule has 2 fully saturated rings. The Morgan fingerprint density at radius 1 is 1.00 bits per heavy atom. The Labute approximate surface area is 177 Å². The van der Waals surface area contributed by atoms with Crippen molar-refractivity contribution in [1.82, 2.24) is 15.1 Å². The molecule has 0 bridgehead atoms. The molecule has 2 aromatic rings. The van der Waals surface area contributed by atoms with Crippen LogP contribution >= 0.6 is 0 Å². The summed E-state index contributed by atoms with van der Waals surface area (Å²) in [7, 11) is 0. The molecule has 0 atom stereocenters. The maximum absolute atomic E-state index is 13.2. The number of halogens is 3. The molecule has 2 amide bonds. The molecule has 166 valence electrons. The molecule has 0 saturated carbocycles. The molecule has 2 saturated heterocycles. The number of piperazine rings is 1. The third kappa shape index (κ3) is 4.98. The Morgan fingerprint density at radius 3 is 2.42 bits per heavy atom. The number of para-hydroxylation sites is 1. The maximum atomic E-state index is 13.2. The number of nitrogens with zero attached hydrogens (tertiary/aromatic N) is 5. The van der Waals surface area contributed by atoms with Crippen LogP contribution in [-0.4, -0.2) is 73.6 Å². The highest BCUT2D eigenvalue weighted by molar-refractivity contribution is 5.90. The summed E-state index contributed by atoms with van der Waals surface area (Å²) in [6.07, 6.45) is -2.85. The second-order valence-electron chi connectivity index (χ2n) is 7.32. The quantitative estimate of drug-likeness (QED) is 0.798. The Balaban J connectivity index is 1.37. The number of aromatic nitrogens is 2. The van der Waals surface area contributed by atoms with Crippen molar-refractivity contribution in [2.45, 2.75) is 6.18 Å². The van der Waals surface area contributed by atoms with E-state index >= 15 is 0 Å². The molecule has 2 aliphatic heterocycles. The van der Waals surface area contributed by atoms with Crippen molar-refractivity contribution in [1.29, 1.82) is 0 Å². The number of amides is 2. The van der Waals surface area contributed by atoms with Crippen LogP contribution in [0, 0.1) is 0 Å². The minimum atomic E-state index is -4.53. The van der Waals surface area contributed by atoms with Crippen molar-refractivity contribution in [2.75, 3.05) is 67.6 Å². The van der Waals surface area contributed by atoms with E-state index in [0.29, 0.717) is 39.4 Å². The second kappa shape index (κ2) is 8.96. The number of hydrogen-bond donors (Lipinski definition) is 1. The first-order chi connectivity index (χ1) is 14.9. The zero-order valence-electron chi connectivity index (χ0n) is 16.8. The fourth-order valence-electron chi connectivity index (χ4n) is 3.67. The summed E-state index contributed by atoms with van der Waals surface area (Å²) in [5, 5.41) is 10.7. The highest BCUT2D eigenvalue weighted by Gasteiger charge is 2.34. The zero-order valence-corrected chi connectivity index (χ0v) is 16.8. The lowest BCUT2D eigenvalue weighted by Crippen LogP contribution is -2.50. The third-order valence-electron chi connectivity index (χ3n) is 5.37. The summed E-state index contributed by atoms with van der Waals surface area (Å²) < 4.78 is 44.8. The average molecular weight is 436 g/mol. The van der Waals surface area contributed by atoms with E-state index in [1.807, 2.05) is 6.07 Å². The molecule has 3 heterocycles. The molecule has 0 aliphatic carbocycles. The Kier molecular flexibility index (Phi) is 6.12. The summed E-state index contributed by atoms with van der Waals surface area (Å²) in [4.78, 5) is 18.3. The standard InChI is InChI=1S/C20H23F3N6O2/c21-20(22,23)16-3-1-2-4-17(16)25-19(30)29-7-5-27(6-8-29)15-13-18(26-24-14-15)28-9-11-31-12-10-28/h1-4,13-14H,5-12H2,(H,25,30). The first-order valence-corrected chi connectivity index (χ1v) is 10.0. The van der Waals surface area contributed by atoms with Crippen molar-refractivity contribution in [3.8, 4) is 0 Å². The van der Waals surface area contributed by atoms with Crippen LogP contribution in [0.2, 0.25) is 0 Å². The van der Waals surface area contributed by atoms with Crippen LogP contribution in [0.4, 0.5) is 35.2 Å². The van der Waals surface area contributed by atoms with E-state index in [1.165, 1.54) is 23.1 Å². The average Bonchev–Trinajstić information content (AvgIpc) is 2.79. The van der Waals surface area contributed by atoms with Gasteiger partial charge in [0.05, 0.1) is 36.3 Å². The number of nitrogens with one attached hydrogen (secondary N) is 1. The van der Waals surface area contributed by atoms with Gasteiger partial charge in [-0.1, -0.05) is 12.1 Å². The molecule has 0 radical (unpaired) electrons. The minimum Gasteiger partial charge on any atom is -0.378 e. The molecule has 0 spiro atoms. The van der Waals surface area contributed by atoms with Gasteiger partial charge in [0.15, 0.2) is 5.82 Å². The molecule has 1 N–H and O–H groups in total. The van der Waals surface area contributed by atoms with Crippen LogP contribution in [0.5, 0.6) is 0 Å². The summed E-state index contributed by atoms with van der Waals surface area (Å²) >= 11 is 0. The zero-order chi connectivity index (χ0) is 21.8. The minimum absolute atomic E-state index is 0.240.